The van der Waals surface area contributed by atoms with E-state index < -0.39 is 0 Å². The first-order chi connectivity index (χ1) is 11.0. The molecule has 0 fully saturated rings. The molecule has 0 bridgehead atoms. The molecule has 1 unspecified atom stereocenters. The summed E-state index contributed by atoms with van der Waals surface area (Å²) in [5.41, 5.74) is 8.81. The van der Waals surface area contributed by atoms with Crippen molar-refractivity contribution in [2.45, 2.75) is 29.3 Å². The van der Waals surface area contributed by atoms with Gasteiger partial charge in [-0.25, -0.2) is 0 Å². The minimum absolute atomic E-state index is 0.106. The highest BCUT2D eigenvalue weighted by Crippen LogP contribution is 2.49. The van der Waals surface area contributed by atoms with Gasteiger partial charge in [0.15, 0.2) is 0 Å². The average molecular weight is 326 g/mol. The number of hydrogen-bond acceptors (Lipinski definition) is 4. The quantitative estimate of drug-likeness (QED) is 0.661. The van der Waals surface area contributed by atoms with Gasteiger partial charge < -0.3 is 10.6 Å². The van der Waals surface area contributed by atoms with Crippen LogP contribution in [0.1, 0.15) is 18.9 Å². The number of anilines is 2. The summed E-state index contributed by atoms with van der Waals surface area (Å²) in [4.78, 5) is 7.06. The number of nitrogens with one attached hydrogen (secondary N) is 1. The normalized spacial score (nSPS) is 14.3. The average Bonchev–Trinajstić information content (AvgIpc) is 2.54. The van der Waals surface area contributed by atoms with E-state index in [1.54, 1.807) is 11.8 Å². The van der Waals surface area contributed by atoms with E-state index in [-0.39, 0.29) is 12.0 Å². The number of para-hydroxylation sites is 1. The van der Waals surface area contributed by atoms with Gasteiger partial charge in [0.25, 0.3) is 0 Å². The molecule has 1 aliphatic rings. The highest BCUT2D eigenvalue weighted by atomic mass is 32.2. The van der Waals surface area contributed by atoms with Crippen molar-refractivity contribution in [3.8, 4) is 0 Å². The van der Waals surface area contributed by atoms with Gasteiger partial charge in [0.2, 0.25) is 0 Å². The van der Waals surface area contributed by atoms with Crippen LogP contribution in [0.4, 0.5) is 11.4 Å². The molecule has 3 rings (SSSR count). The largest absolute Gasteiger partial charge is 0.384 e. The van der Waals surface area contributed by atoms with Crippen LogP contribution in [0.2, 0.25) is 0 Å². The lowest BCUT2D eigenvalue weighted by atomic mass is 10.1. The van der Waals surface area contributed by atoms with Crippen molar-refractivity contribution in [3.63, 3.8) is 0 Å². The fourth-order valence-corrected chi connectivity index (χ4v) is 4.10. The first-order valence-corrected chi connectivity index (χ1v) is 8.55. The number of nitrogens with two attached hydrogens (primary N) is 1. The number of benzene rings is 2. The summed E-state index contributed by atoms with van der Waals surface area (Å²) in [6.07, 6.45) is 1.24. The lowest BCUT2D eigenvalue weighted by Crippen LogP contribution is -2.43. The van der Waals surface area contributed by atoms with Crippen molar-refractivity contribution < 1.29 is 0 Å². The lowest BCUT2D eigenvalue weighted by Gasteiger charge is -2.41. The highest BCUT2D eigenvalue weighted by molar-refractivity contribution is 7.99. The van der Waals surface area contributed by atoms with Gasteiger partial charge in [-0.15, -0.1) is 0 Å². The Hall–Kier alpha value is -1.98. The molecule has 1 aliphatic heterocycles. The molecule has 3 N–H and O–H groups in total. The Bertz CT molecular complexity index is 742. The van der Waals surface area contributed by atoms with E-state index >= 15 is 0 Å². The number of hydrogen-bond donors (Lipinski definition) is 2. The van der Waals surface area contributed by atoms with Crippen LogP contribution >= 0.6 is 11.8 Å². The summed E-state index contributed by atoms with van der Waals surface area (Å²) < 4.78 is 0. The topological polar surface area (TPSA) is 56.4 Å². The van der Waals surface area contributed by atoms with Crippen LogP contribution in [-0.4, -0.2) is 31.0 Å². The van der Waals surface area contributed by atoms with E-state index in [0.717, 1.165) is 17.7 Å². The van der Waals surface area contributed by atoms with Gasteiger partial charge >= 0.3 is 0 Å². The predicted molar refractivity (Wildman–Crippen MR) is 97.9 cm³/mol. The minimum Gasteiger partial charge on any atom is -0.384 e. The van der Waals surface area contributed by atoms with Crippen molar-refractivity contribution in [2.24, 2.45) is 5.73 Å². The minimum atomic E-state index is 0.106. The van der Waals surface area contributed by atoms with Gasteiger partial charge in [-0.05, 0) is 44.8 Å². The maximum Gasteiger partial charge on any atom is 0.122 e. The maximum atomic E-state index is 7.74. The van der Waals surface area contributed by atoms with Crippen LogP contribution in [0, 0.1) is 5.41 Å². The van der Waals surface area contributed by atoms with E-state index in [9.17, 15) is 0 Å². The SMILES string of the molecule is CCC(N(C)C)N1c2ccccc2Sc2ccc(C(=N)N)cc21. The van der Waals surface area contributed by atoms with E-state index in [4.69, 9.17) is 11.1 Å². The Morgan fingerprint density at radius 3 is 2.52 bits per heavy atom. The van der Waals surface area contributed by atoms with Crippen molar-refractivity contribution in [1.29, 1.82) is 5.41 Å². The molecule has 5 heteroatoms. The van der Waals surface area contributed by atoms with Gasteiger partial charge in [-0.1, -0.05) is 36.9 Å². The Morgan fingerprint density at radius 1 is 1.17 bits per heavy atom. The molecule has 2 aromatic carbocycles. The molecule has 23 heavy (non-hydrogen) atoms. The Labute approximate surface area is 141 Å². The Kier molecular flexibility index (Phi) is 4.33. The van der Waals surface area contributed by atoms with Gasteiger partial charge in [0.05, 0.1) is 17.5 Å². The number of rotatable bonds is 4. The van der Waals surface area contributed by atoms with E-state index in [1.165, 1.54) is 15.5 Å². The zero-order valence-electron chi connectivity index (χ0n) is 13.7. The molecule has 0 spiro atoms. The van der Waals surface area contributed by atoms with Crippen molar-refractivity contribution in [2.75, 3.05) is 19.0 Å². The highest BCUT2D eigenvalue weighted by Gasteiger charge is 2.29. The summed E-state index contributed by atoms with van der Waals surface area (Å²) in [7, 11) is 4.21. The smallest absolute Gasteiger partial charge is 0.122 e. The second kappa shape index (κ2) is 6.26. The fourth-order valence-electron chi connectivity index (χ4n) is 3.05. The standard InChI is InChI=1S/C18H22N4S/c1-4-17(21(2)3)22-13-7-5-6-8-15(13)23-16-10-9-12(18(19)20)11-14(16)22/h5-11,17H,4H2,1-3H3,(H3,19,20). The van der Waals surface area contributed by atoms with Crippen LogP contribution in [0.3, 0.4) is 0 Å². The lowest BCUT2D eigenvalue weighted by molar-refractivity contribution is 0.289. The van der Waals surface area contributed by atoms with E-state index in [0.29, 0.717) is 0 Å². The summed E-state index contributed by atoms with van der Waals surface area (Å²) in [6.45, 7) is 2.20. The molecule has 0 aliphatic carbocycles. The van der Waals surface area contributed by atoms with Crippen molar-refractivity contribution in [3.05, 3.63) is 48.0 Å². The van der Waals surface area contributed by atoms with Crippen LogP contribution in [0.15, 0.2) is 52.3 Å². The number of nitrogens with zero attached hydrogens (tertiary/aromatic N) is 2. The summed E-state index contributed by atoms with van der Waals surface area (Å²) >= 11 is 1.77. The molecule has 0 amide bonds. The van der Waals surface area contributed by atoms with Gasteiger partial charge in [0, 0.05) is 15.4 Å². The molecule has 0 saturated heterocycles. The molecule has 0 saturated carbocycles. The third kappa shape index (κ3) is 2.82. The number of nitrogen functional groups attached to an aromatic ring is 1. The zero-order chi connectivity index (χ0) is 16.6. The molecular weight excluding hydrogens is 304 g/mol. The third-order valence-electron chi connectivity index (χ3n) is 4.13. The van der Waals surface area contributed by atoms with Gasteiger partial charge in [-0.2, -0.15) is 0 Å². The molecule has 2 aromatic rings. The van der Waals surface area contributed by atoms with E-state index in [1.807, 2.05) is 12.1 Å². The summed E-state index contributed by atoms with van der Waals surface area (Å²) in [5, 5.41) is 7.74. The van der Waals surface area contributed by atoms with Gasteiger partial charge in [0.1, 0.15) is 5.84 Å². The van der Waals surface area contributed by atoms with E-state index in [2.05, 4.69) is 61.2 Å². The molecule has 0 aromatic heterocycles. The predicted octanol–water partition coefficient (Wildman–Crippen LogP) is 3.87. The molecular formula is C18H22N4S. The fraction of sp³-hybridized carbons (Fsp3) is 0.278. The summed E-state index contributed by atoms with van der Waals surface area (Å²) in [6, 6.07) is 14.5. The van der Waals surface area contributed by atoms with Crippen LogP contribution in [0.25, 0.3) is 0 Å². The zero-order valence-corrected chi connectivity index (χ0v) is 14.5. The Balaban J connectivity index is 2.20. The third-order valence-corrected chi connectivity index (χ3v) is 5.26. The van der Waals surface area contributed by atoms with Crippen molar-refractivity contribution in [1.82, 2.24) is 4.90 Å². The molecule has 1 atom stereocenters. The van der Waals surface area contributed by atoms with Crippen LogP contribution in [0.5, 0.6) is 0 Å². The monoisotopic (exact) mass is 326 g/mol. The Morgan fingerprint density at radius 2 is 1.87 bits per heavy atom. The van der Waals surface area contributed by atoms with Crippen LogP contribution in [-0.2, 0) is 0 Å². The summed E-state index contributed by atoms with van der Waals surface area (Å²) in [5.74, 6) is 0.106. The first-order valence-electron chi connectivity index (χ1n) is 7.74. The second-order valence-corrected chi connectivity index (χ2v) is 6.97. The molecule has 4 nitrogen and oxygen atoms in total. The maximum absolute atomic E-state index is 7.74. The molecule has 1 heterocycles. The number of amidine groups is 1. The molecule has 120 valence electrons. The second-order valence-electron chi connectivity index (χ2n) is 5.89. The molecule has 0 radical (unpaired) electrons. The number of fused-ring (bicyclic) bond motifs is 2. The van der Waals surface area contributed by atoms with Gasteiger partial charge in [-0.3, -0.25) is 10.3 Å². The van der Waals surface area contributed by atoms with Crippen LogP contribution < -0.4 is 10.6 Å². The van der Waals surface area contributed by atoms with Crippen molar-refractivity contribution >= 4 is 29.0 Å². The first kappa shape index (κ1) is 15.9.